The van der Waals surface area contributed by atoms with Crippen LogP contribution in [-0.4, -0.2) is 32.3 Å². The third-order valence-electron chi connectivity index (χ3n) is 3.49. The molecule has 0 aliphatic carbocycles. The molecule has 1 fully saturated rings. The monoisotopic (exact) mass is 300 g/mol. The van der Waals surface area contributed by atoms with Crippen molar-refractivity contribution in [2.75, 3.05) is 13.1 Å². The molecule has 1 heterocycles. The highest BCUT2D eigenvalue weighted by atomic mass is 32.2. The molecule has 0 radical (unpaired) electrons. The summed E-state index contributed by atoms with van der Waals surface area (Å²) in [7, 11) is -4.19. The Morgan fingerprint density at radius 3 is 2.60 bits per heavy atom. The zero-order valence-electron chi connectivity index (χ0n) is 11.4. The van der Waals surface area contributed by atoms with Crippen molar-refractivity contribution < 1.29 is 17.6 Å². The second-order valence-electron chi connectivity index (χ2n) is 5.30. The minimum absolute atomic E-state index is 0.0899. The summed E-state index contributed by atoms with van der Waals surface area (Å²) < 4.78 is 36.5. The SMILES string of the molecule is Cc1cc(C(=O)N2CCC(C)C2)cc(S(N)(=O)=O)c1F. The lowest BCUT2D eigenvalue weighted by molar-refractivity contribution is 0.0787. The van der Waals surface area contributed by atoms with Gasteiger partial charge in [0.25, 0.3) is 5.91 Å². The number of carbonyl (C=O) groups is 1. The quantitative estimate of drug-likeness (QED) is 0.893. The first kappa shape index (κ1) is 14.9. The molecule has 0 bridgehead atoms. The number of hydrogen-bond acceptors (Lipinski definition) is 3. The topological polar surface area (TPSA) is 80.5 Å². The number of sulfonamides is 1. The van der Waals surface area contributed by atoms with Crippen LogP contribution in [0.4, 0.5) is 4.39 Å². The van der Waals surface area contributed by atoms with Crippen molar-refractivity contribution in [1.82, 2.24) is 4.90 Å². The van der Waals surface area contributed by atoms with Crippen molar-refractivity contribution >= 4 is 15.9 Å². The number of primary sulfonamides is 1. The van der Waals surface area contributed by atoms with E-state index in [9.17, 15) is 17.6 Å². The largest absolute Gasteiger partial charge is 0.338 e. The summed E-state index contributed by atoms with van der Waals surface area (Å²) in [6.07, 6.45) is 0.911. The van der Waals surface area contributed by atoms with Crippen LogP contribution in [0.1, 0.15) is 29.3 Å². The molecule has 1 unspecified atom stereocenters. The van der Waals surface area contributed by atoms with E-state index < -0.39 is 20.7 Å². The van der Waals surface area contributed by atoms with Crippen molar-refractivity contribution in [3.63, 3.8) is 0 Å². The minimum Gasteiger partial charge on any atom is -0.338 e. The highest BCUT2D eigenvalue weighted by Crippen LogP contribution is 2.23. The molecule has 1 aromatic carbocycles. The highest BCUT2D eigenvalue weighted by molar-refractivity contribution is 7.89. The van der Waals surface area contributed by atoms with E-state index in [1.54, 1.807) is 4.90 Å². The van der Waals surface area contributed by atoms with Crippen LogP contribution in [0.3, 0.4) is 0 Å². The number of carbonyl (C=O) groups excluding carboxylic acids is 1. The van der Waals surface area contributed by atoms with Crippen LogP contribution in [0, 0.1) is 18.7 Å². The van der Waals surface area contributed by atoms with E-state index in [0.717, 1.165) is 12.5 Å². The Kier molecular flexibility index (Phi) is 3.84. The second kappa shape index (κ2) is 5.14. The Morgan fingerprint density at radius 2 is 2.10 bits per heavy atom. The first-order valence-corrected chi connectivity index (χ1v) is 7.87. The maximum absolute atomic E-state index is 13.8. The molecule has 1 aromatic rings. The van der Waals surface area contributed by atoms with Crippen LogP contribution in [0.2, 0.25) is 0 Å². The summed E-state index contributed by atoms with van der Waals surface area (Å²) in [5.41, 5.74) is 0.245. The molecule has 1 aliphatic rings. The predicted molar refractivity (Wildman–Crippen MR) is 72.2 cm³/mol. The van der Waals surface area contributed by atoms with E-state index in [4.69, 9.17) is 5.14 Å². The van der Waals surface area contributed by atoms with Gasteiger partial charge in [-0.05, 0) is 37.0 Å². The molecular formula is C13H17FN2O3S. The van der Waals surface area contributed by atoms with Gasteiger partial charge in [0.05, 0.1) is 0 Å². The second-order valence-corrected chi connectivity index (χ2v) is 6.83. The summed E-state index contributed by atoms with van der Waals surface area (Å²) in [6, 6.07) is 2.37. The fourth-order valence-corrected chi connectivity index (χ4v) is 3.07. The van der Waals surface area contributed by atoms with E-state index in [1.807, 2.05) is 6.92 Å². The number of amides is 1. The van der Waals surface area contributed by atoms with Crippen LogP contribution in [-0.2, 0) is 10.0 Å². The van der Waals surface area contributed by atoms with Crippen LogP contribution in [0.5, 0.6) is 0 Å². The number of rotatable bonds is 2. The Balaban J connectivity index is 2.43. The van der Waals surface area contributed by atoms with Crippen LogP contribution >= 0.6 is 0 Å². The van der Waals surface area contributed by atoms with Gasteiger partial charge in [0.1, 0.15) is 10.7 Å². The number of aryl methyl sites for hydroxylation is 1. The van der Waals surface area contributed by atoms with Gasteiger partial charge >= 0.3 is 0 Å². The fourth-order valence-electron chi connectivity index (χ4n) is 2.37. The number of benzene rings is 1. The Hall–Kier alpha value is -1.47. The Bertz CT molecular complexity index is 658. The number of hydrogen-bond donors (Lipinski definition) is 1. The van der Waals surface area contributed by atoms with Crippen molar-refractivity contribution in [1.29, 1.82) is 0 Å². The van der Waals surface area contributed by atoms with Gasteiger partial charge in [0.2, 0.25) is 10.0 Å². The maximum atomic E-state index is 13.8. The normalized spacial score (nSPS) is 19.4. The number of nitrogens with zero attached hydrogens (tertiary/aromatic N) is 1. The lowest BCUT2D eigenvalue weighted by Gasteiger charge is -2.17. The van der Waals surface area contributed by atoms with E-state index in [-0.39, 0.29) is 17.0 Å². The molecule has 110 valence electrons. The average molecular weight is 300 g/mol. The van der Waals surface area contributed by atoms with E-state index in [2.05, 4.69) is 0 Å². The van der Waals surface area contributed by atoms with Gasteiger partial charge in [-0.15, -0.1) is 0 Å². The predicted octanol–water partition coefficient (Wildman–Crippen LogP) is 1.26. The molecule has 1 saturated heterocycles. The lowest BCUT2D eigenvalue weighted by Crippen LogP contribution is -2.29. The van der Waals surface area contributed by atoms with Gasteiger partial charge in [0.15, 0.2) is 0 Å². The van der Waals surface area contributed by atoms with Crippen molar-refractivity contribution in [3.05, 3.63) is 29.1 Å². The number of nitrogens with two attached hydrogens (primary N) is 1. The van der Waals surface area contributed by atoms with E-state index >= 15 is 0 Å². The molecule has 2 rings (SSSR count). The third kappa shape index (κ3) is 2.83. The van der Waals surface area contributed by atoms with Gasteiger partial charge in [0, 0.05) is 18.7 Å². The molecule has 1 atom stereocenters. The van der Waals surface area contributed by atoms with E-state index in [0.29, 0.717) is 19.0 Å². The van der Waals surface area contributed by atoms with Gasteiger partial charge in [-0.25, -0.2) is 17.9 Å². The average Bonchev–Trinajstić information content (AvgIpc) is 2.76. The summed E-state index contributed by atoms with van der Waals surface area (Å²) in [5.74, 6) is -0.778. The molecule has 1 amide bonds. The zero-order chi connectivity index (χ0) is 15.1. The first-order valence-electron chi connectivity index (χ1n) is 6.32. The third-order valence-corrected chi connectivity index (χ3v) is 4.40. The Labute approximate surface area is 117 Å². The first-order chi connectivity index (χ1) is 9.20. The molecule has 1 aliphatic heterocycles. The van der Waals surface area contributed by atoms with Crippen molar-refractivity contribution in [2.24, 2.45) is 11.1 Å². The fraction of sp³-hybridized carbons (Fsp3) is 0.462. The smallest absolute Gasteiger partial charge is 0.253 e. The van der Waals surface area contributed by atoms with Crippen LogP contribution in [0.15, 0.2) is 17.0 Å². The molecule has 20 heavy (non-hydrogen) atoms. The van der Waals surface area contributed by atoms with Gasteiger partial charge in [-0.3, -0.25) is 4.79 Å². The molecule has 2 N–H and O–H groups in total. The van der Waals surface area contributed by atoms with Gasteiger partial charge < -0.3 is 4.90 Å². The molecular weight excluding hydrogens is 283 g/mol. The summed E-state index contributed by atoms with van der Waals surface area (Å²) >= 11 is 0. The summed E-state index contributed by atoms with van der Waals surface area (Å²) in [4.78, 5) is 13.3. The highest BCUT2D eigenvalue weighted by Gasteiger charge is 2.26. The van der Waals surface area contributed by atoms with Gasteiger partial charge in [-0.1, -0.05) is 6.92 Å². The number of halogens is 1. The van der Waals surface area contributed by atoms with Crippen molar-refractivity contribution in [2.45, 2.75) is 25.2 Å². The molecule has 0 spiro atoms. The number of likely N-dealkylation sites (tertiary alicyclic amines) is 1. The lowest BCUT2D eigenvalue weighted by atomic mass is 10.1. The zero-order valence-corrected chi connectivity index (χ0v) is 12.2. The Morgan fingerprint density at radius 1 is 1.45 bits per heavy atom. The van der Waals surface area contributed by atoms with E-state index in [1.165, 1.54) is 13.0 Å². The molecule has 7 heteroatoms. The van der Waals surface area contributed by atoms with Crippen LogP contribution < -0.4 is 5.14 Å². The summed E-state index contributed by atoms with van der Waals surface area (Å²) in [5, 5.41) is 4.98. The maximum Gasteiger partial charge on any atom is 0.253 e. The van der Waals surface area contributed by atoms with Crippen LogP contribution in [0.25, 0.3) is 0 Å². The molecule has 0 aromatic heterocycles. The molecule has 5 nitrogen and oxygen atoms in total. The van der Waals surface area contributed by atoms with Crippen molar-refractivity contribution in [3.8, 4) is 0 Å². The molecule has 0 saturated carbocycles. The summed E-state index contributed by atoms with van der Waals surface area (Å²) in [6.45, 7) is 4.70. The minimum atomic E-state index is -4.19. The van der Waals surface area contributed by atoms with Gasteiger partial charge in [-0.2, -0.15) is 0 Å². The standard InChI is InChI=1S/C13H17FN2O3S/c1-8-3-4-16(7-8)13(17)10-5-9(2)12(14)11(6-10)20(15,18)19/h5-6,8H,3-4,7H2,1-2H3,(H2,15,18,19).